The van der Waals surface area contributed by atoms with E-state index in [9.17, 15) is 0 Å². The lowest BCUT2D eigenvalue weighted by atomic mass is 9.90. The third kappa shape index (κ3) is 2.99. The van der Waals surface area contributed by atoms with E-state index in [-0.39, 0.29) is 6.04 Å². The van der Waals surface area contributed by atoms with Crippen LogP contribution >= 0.6 is 11.6 Å². The monoisotopic (exact) mass is 273 g/mol. The van der Waals surface area contributed by atoms with Crippen LogP contribution in [0.1, 0.15) is 39.4 Å². The fourth-order valence-electron chi connectivity index (χ4n) is 2.79. The fraction of sp³-hybridized carbons (Fsp3) is 0.294. The zero-order valence-electron chi connectivity index (χ0n) is 11.9. The van der Waals surface area contributed by atoms with Gasteiger partial charge in [0.2, 0.25) is 0 Å². The van der Waals surface area contributed by atoms with Gasteiger partial charge in [0.05, 0.1) is 6.04 Å². The van der Waals surface area contributed by atoms with E-state index in [1.165, 1.54) is 22.3 Å². The van der Waals surface area contributed by atoms with E-state index in [0.29, 0.717) is 0 Å². The molecule has 1 unspecified atom stereocenters. The van der Waals surface area contributed by atoms with Crippen LogP contribution in [0.3, 0.4) is 0 Å². The molecule has 0 fully saturated rings. The lowest BCUT2D eigenvalue weighted by Crippen LogP contribution is -2.15. The lowest BCUT2D eigenvalue weighted by molar-refractivity contribution is 0.849. The average molecular weight is 274 g/mol. The van der Waals surface area contributed by atoms with Crippen LogP contribution in [0.25, 0.3) is 0 Å². The van der Waals surface area contributed by atoms with Crippen molar-refractivity contribution in [2.45, 2.75) is 33.7 Å². The molecule has 0 saturated carbocycles. The number of halogens is 1. The summed E-state index contributed by atoms with van der Waals surface area (Å²) in [5.74, 6) is 0. The maximum Gasteiger partial charge on any atom is 0.0557 e. The quantitative estimate of drug-likeness (QED) is 0.849. The molecule has 0 bridgehead atoms. The molecule has 0 aliphatic heterocycles. The SMILES string of the molecule is Cc1cc(Cl)cc(C(N)c2c(C)cc(C)cc2C)c1. The van der Waals surface area contributed by atoms with Gasteiger partial charge in [-0.25, -0.2) is 0 Å². The van der Waals surface area contributed by atoms with Gasteiger partial charge in [-0.2, -0.15) is 0 Å². The minimum atomic E-state index is -0.127. The third-order valence-corrected chi connectivity index (χ3v) is 3.69. The first-order valence-corrected chi connectivity index (χ1v) is 6.86. The van der Waals surface area contributed by atoms with E-state index in [2.05, 4.69) is 39.0 Å². The van der Waals surface area contributed by atoms with Crippen LogP contribution < -0.4 is 5.73 Å². The number of benzene rings is 2. The van der Waals surface area contributed by atoms with Gasteiger partial charge in [0, 0.05) is 5.02 Å². The fourth-order valence-corrected chi connectivity index (χ4v) is 3.09. The zero-order valence-corrected chi connectivity index (χ0v) is 12.7. The summed E-state index contributed by atoms with van der Waals surface area (Å²) in [6.07, 6.45) is 0. The average Bonchev–Trinajstić information content (AvgIpc) is 2.25. The maximum atomic E-state index is 6.45. The van der Waals surface area contributed by atoms with Crippen molar-refractivity contribution >= 4 is 11.6 Å². The molecule has 2 aromatic carbocycles. The Hall–Kier alpha value is -1.31. The van der Waals surface area contributed by atoms with Crippen molar-refractivity contribution in [2.24, 2.45) is 5.73 Å². The number of hydrogen-bond donors (Lipinski definition) is 1. The Bertz CT molecular complexity index is 573. The highest BCUT2D eigenvalue weighted by atomic mass is 35.5. The molecule has 0 spiro atoms. The van der Waals surface area contributed by atoms with Crippen molar-refractivity contribution in [2.75, 3.05) is 0 Å². The first kappa shape index (κ1) is 14.1. The van der Waals surface area contributed by atoms with E-state index in [1.54, 1.807) is 0 Å². The van der Waals surface area contributed by atoms with Crippen molar-refractivity contribution in [1.29, 1.82) is 0 Å². The number of hydrogen-bond acceptors (Lipinski definition) is 1. The largest absolute Gasteiger partial charge is 0.320 e. The molecule has 2 rings (SSSR count). The Labute approximate surface area is 120 Å². The Morgan fingerprint density at radius 1 is 0.842 bits per heavy atom. The topological polar surface area (TPSA) is 26.0 Å². The number of aryl methyl sites for hydroxylation is 4. The van der Waals surface area contributed by atoms with Gasteiger partial charge in [0.15, 0.2) is 0 Å². The summed E-state index contributed by atoms with van der Waals surface area (Å²) in [4.78, 5) is 0. The summed E-state index contributed by atoms with van der Waals surface area (Å²) < 4.78 is 0. The normalized spacial score (nSPS) is 12.5. The van der Waals surface area contributed by atoms with Crippen LogP contribution in [0.5, 0.6) is 0 Å². The Kier molecular flexibility index (Phi) is 3.98. The molecule has 0 aliphatic carbocycles. The van der Waals surface area contributed by atoms with Crippen molar-refractivity contribution in [1.82, 2.24) is 0 Å². The standard InChI is InChI=1S/C17H20ClN/c1-10-5-12(3)16(13(4)6-10)17(19)14-7-11(2)8-15(18)9-14/h5-9,17H,19H2,1-4H3. The molecule has 2 heteroatoms. The highest BCUT2D eigenvalue weighted by Crippen LogP contribution is 2.29. The maximum absolute atomic E-state index is 6.45. The first-order valence-electron chi connectivity index (χ1n) is 6.49. The van der Waals surface area contributed by atoms with Crippen molar-refractivity contribution in [3.8, 4) is 0 Å². The van der Waals surface area contributed by atoms with E-state index >= 15 is 0 Å². The predicted molar refractivity (Wildman–Crippen MR) is 82.9 cm³/mol. The van der Waals surface area contributed by atoms with Gasteiger partial charge in [-0.1, -0.05) is 35.4 Å². The highest BCUT2D eigenvalue weighted by molar-refractivity contribution is 6.30. The van der Waals surface area contributed by atoms with Crippen molar-refractivity contribution < 1.29 is 0 Å². The minimum Gasteiger partial charge on any atom is -0.320 e. The van der Waals surface area contributed by atoms with Crippen LogP contribution in [0.4, 0.5) is 0 Å². The molecular weight excluding hydrogens is 254 g/mol. The van der Waals surface area contributed by atoms with Crippen LogP contribution in [0.15, 0.2) is 30.3 Å². The lowest BCUT2D eigenvalue weighted by Gasteiger charge is -2.19. The highest BCUT2D eigenvalue weighted by Gasteiger charge is 2.15. The molecule has 0 aromatic heterocycles. The van der Waals surface area contributed by atoms with Crippen molar-refractivity contribution in [3.63, 3.8) is 0 Å². The van der Waals surface area contributed by atoms with Gasteiger partial charge >= 0.3 is 0 Å². The van der Waals surface area contributed by atoms with Crippen LogP contribution in [0.2, 0.25) is 5.02 Å². The Morgan fingerprint density at radius 3 is 1.89 bits per heavy atom. The second-order valence-corrected chi connectivity index (χ2v) is 5.79. The molecule has 0 heterocycles. The first-order chi connectivity index (χ1) is 8.88. The molecule has 19 heavy (non-hydrogen) atoms. The van der Waals surface area contributed by atoms with Gasteiger partial charge in [-0.05, 0) is 67.6 Å². The van der Waals surface area contributed by atoms with Gasteiger partial charge in [0.1, 0.15) is 0 Å². The van der Waals surface area contributed by atoms with E-state index in [1.807, 2.05) is 19.1 Å². The molecule has 0 radical (unpaired) electrons. The molecule has 0 saturated heterocycles. The summed E-state index contributed by atoms with van der Waals surface area (Å²) in [5, 5.41) is 0.743. The second-order valence-electron chi connectivity index (χ2n) is 5.35. The van der Waals surface area contributed by atoms with Gasteiger partial charge < -0.3 is 5.73 Å². The van der Waals surface area contributed by atoms with Crippen LogP contribution in [-0.4, -0.2) is 0 Å². The summed E-state index contributed by atoms with van der Waals surface area (Å²) in [6.45, 7) is 8.38. The summed E-state index contributed by atoms with van der Waals surface area (Å²) in [7, 11) is 0. The van der Waals surface area contributed by atoms with Gasteiger partial charge in [0.25, 0.3) is 0 Å². The molecule has 0 aliphatic rings. The van der Waals surface area contributed by atoms with Crippen molar-refractivity contribution in [3.05, 3.63) is 68.7 Å². The number of nitrogens with two attached hydrogens (primary N) is 1. The van der Waals surface area contributed by atoms with Crippen LogP contribution in [0, 0.1) is 27.7 Å². The molecule has 1 nitrogen and oxygen atoms in total. The molecule has 100 valence electrons. The molecule has 2 N–H and O–H groups in total. The molecule has 2 aromatic rings. The van der Waals surface area contributed by atoms with Gasteiger partial charge in [-0.15, -0.1) is 0 Å². The van der Waals surface area contributed by atoms with Crippen LogP contribution in [-0.2, 0) is 0 Å². The smallest absolute Gasteiger partial charge is 0.0557 e. The van der Waals surface area contributed by atoms with E-state index in [0.717, 1.165) is 16.1 Å². The summed E-state index contributed by atoms with van der Waals surface area (Å²) in [6, 6.07) is 10.2. The minimum absolute atomic E-state index is 0.127. The van der Waals surface area contributed by atoms with E-state index < -0.39 is 0 Å². The van der Waals surface area contributed by atoms with E-state index in [4.69, 9.17) is 17.3 Å². The Balaban J connectivity index is 2.52. The Morgan fingerprint density at radius 2 is 1.37 bits per heavy atom. The number of rotatable bonds is 2. The summed E-state index contributed by atoms with van der Waals surface area (Å²) in [5.41, 5.74) is 13.6. The third-order valence-electron chi connectivity index (χ3n) is 3.47. The molecular formula is C17H20ClN. The summed E-state index contributed by atoms with van der Waals surface area (Å²) >= 11 is 6.13. The van der Waals surface area contributed by atoms with Gasteiger partial charge in [-0.3, -0.25) is 0 Å². The molecule has 0 amide bonds. The second kappa shape index (κ2) is 5.36. The molecule has 1 atom stereocenters. The zero-order chi connectivity index (χ0) is 14.2. The predicted octanol–water partition coefficient (Wildman–Crippen LogP) is 4.62.